The van der Waals surface area contributed by atoms with E-state index in [-0.39, 0.29) is 6.10 Å². The number of likely N-dealkylation sites (N-methyl/N-ethyl adjacent to an activating group) is 1. The van der Waals surface area contributed by atoms with Crippen LogP contribution in [0.4, 0.5) is 0 Å². The summed E-state index contributed by atoms with van der Waals surface area (Å²) < 4.78 is 0. The molecule has 1 saturated heterocycles. The van der Waals surface area contributed by atoms with Crippen LogP contribution in [0.2, 0.25) is 0 Å². The Hall–Kier alpha value is -0.120. The van der Waals surface area contributed by atoms with E-state index < -0.39 is 0 Å². The summed E-state index contributed by atoms with van der Waals surface area (Å²) in [7, 11) is 2.00. The van der Waals surface area contributed by atoms with E-state index in [9.17, 15) is 0 Å². The molecule has 1 heterocycles. The van der Waals surface area contributed by atoms with E-state index >= 15 is 0 Å². The number of hydrogen-bond donors (Lipinski definition) is 2. The summed E-state index contributed by atoms with van der Waals surface area (Å²) in [4.78, 5) is 2.36. The van der Waals surface area contributed by atoms with Crippen LogP contribution >= 0.6 is 0 Å². The maximum absolute atomic E-state index is 9.00. The molecule has 11 heavy (non-hydrogen) atoms. The molecule has 0 aromatic rings. The summed E-state index contributed by atoms with van der Waals surface area (Å²) in [6, 6.07) is 0.684. The monoisotopic (exact) mass is 158 g/mol. The highest BCUT2D eigenvalue weighted by molar-refractivity contribution is 4.84. The third kappa shape index (κ3) is 2.77. The Morgan fingerprint density at radius 1 is 1.64 bits per heavy atom. The highest BCUT2D eigenvalue weighted by Gasteiger charge is 2.24. The Morgan fingerprint density at radius 3 is 2.73 bits per heavy atom. The lowest BCUT2D eigenvalue weighted by Gasteiger charge is -2.39. The number of rotatable bonds is 4. The molecule has 2 N–H and O–H groups in total. The molecule has 0 saturated carbocycles. The minimum Gasteiger partial charge on any atom is -0.393 e. The molecule has 0 aromatic carbocycles. The summed E-state index contributed by atoms with van der Waals surface area (Å²) in [6.07, 6.45) is 0.750. The Labute approximate surface area is 68.4 Å². The van der Waals surface area contributed by atoms with Gasteiger partial charge in [-0.05, 0) is 20.4 Å². The normalized spacial score (nSPS) is 23.2. The van der Waals surface area contributed by atoms with Gasteiger partial charge in [0.1, 0.15) is 0 Å². The molecule has 0 bridgehead atoms. The van der Waals surface area contributed by atoms with Crippen molar-refractivity contribution in [1.82, 2.24) is 10.2 Å². The van der Waals surface area contributed by atoms with Gasteiger partial charge in [0.15, 0.2) is 0 Å². The van der Waals surface area contributed by atoms with Gasteiger partial charge in [-0.2, -0.15) is 0 Å². The van der Waals surface area contributed by atoms with Gasteiger partial charge in [0.25, 0.3) is 0 Å². The van der Waals surface area contributed by atoms with E-state index in [4.69, 9.17) is 5.11 Å². The maximum atomic E-state index is 9.00. The van der Waals surface area contributed by atoms with Crippen LogP contribution in [-0.2, 0) is 0 Å². The number of nitrogens with one attached hydrogen (secondary N) is 1. The SMILES string of the molecule is CNC1CN(CCC(C)O)C1. The molecule has 1 aliphatic rings. The summed E-state index contributed by atoms with van der Waals surface area (Å²) in [6.45, 7) is 5.16. The van der Waals surface area contributed by atoms with E-state index in [1.807, 2.05) is 14.0 Å². The van der Waals surface area contributed by atoms with Gasteiger partial charge in [0.05, 0.1) is 6.10 Å². The zero-order chi connectivity index (χ0) is 8.27. The first-order chi connectivity index (χ1) is 5.22. The molecular weight excluding hydrogens is 140 g/mol. The zero-order valence-electron chi connectivity index (χ0n) is 7.38. The van der Waals surface area contributed by atoms with Gasteiger partial charge in [-0.15, -0.1) is 0 Å². The van der Waals surface area contributed by atoms with Crippen molar-refractivity contribution in [3.05, 3.63) is 0 Å². The smallest absolute Gasteiger partial charge is 0.0524 e. The summed E-state index contributed by atoms with van der Waals surface area (Å²) in [5, 5.41) is 12.2. The lowest BCUT2D eigenvalue weighted by Crippen LogP contribution is -2.57. The van der Waals surface area contributed by atoms with Gasteiger partial charge >= 0.3 is 0 Å². The fourth-order valence-corrected chi connectivity index (χ4v) is 1.30. The van der Waals surface area contributed by atoms with Crippen molar-refractivity contribution >= 4 is 0 Å². The van der Waals surface area contributed by atoms with Gasteiger partial charge in [-0.3, -0.25) is 0 Å². The molecule has 1 unspecified atom stereocenters. The number of aliphatic hydroxyl groups excluding tert-OH is 1. The predicted octanol–water partition coefficient (Wildman–Crippen LogP) is -0.339. The van der Waals surface area contributed by atoms with Crippen LogP contribution in [0.5, 0.6) is 0 Å². The third-order valence-corrected chi connectivity index (χ3v) is 2.23. The van der Waals surface area contributed by atoms with Crippen LogP contribution in [0.25, 0.3) is 0 Å². The lowest BCUT2D eigenvalue weighted by atomic mass is 10.1. The van der Waals surface area contributed by atoms with Crippen LogP contribution in [0, 0.1) is 0 Å². The third-order valence-electron chi connectivity index (χ3n) is 2.23. The van der Waals surface area contributed by atoms with Crippen LogP contribution in [0.15, 0.2) is 0 Å². The minimum atomic E-state index is -0.149. The van der Waals surface area contributed by atoms with Crippen molar-refractivity contribution in [1.29, 1.82) is 0 Å². The largest absolute Gasteiger partial charge is 0.393 e. The van der Waals surface area contributed by atoms with Crippen molar-refractivity contribution in [3.63, 3.8) is 0 Å². The second-order valence-corrected chi connectivity index (χ2v) is 3.38. The minimum absolute atomic E-state index is 0.149. The molecule has 1 atom stereocenters. The second-order valence-electron chi connectivity index (χ2n) is 3.38. The fraction of sp³-hybridized carbons (Fsp3) is 1.00. The predicted molar refractivity (Wildman–Crippen MR) is 45.6 cm³/mol. The molecule has 1 aliphatic heterocycles. The van der Waals surface area contributed by atoms with Crippen LogP contribution < -0.4 is 5.32 Å². The molecular formula is C8H18N2O. The van der Waals surface area contributed by atoms with E-state index in [2.05, 4.69) is 10.2 Å². The molecule has 0 spiro atoms. The quantitative estimate of drug-likeness (QED) is 0.587. The zero-order valence-corrected chi connectivity index (χ0v) is 7.38. The molecule has 0 amide bonds. The molecule has 66 valence electrons. The molecule has 0 aliphatic carbocycles. The van der Waals surface area contributed by atoms with Gasteiger partial charge < -0.3 is 15.3 Å². The molecule has 0 aromatic heterocycles. The number of hydrogen-bond acceptors (Lipinski definition) is 3. The average Bonchev–Trinajstić information content (AvgIpc) is 1.84. The van der Waals surface area contributed by atoms with Crippen molar-refractivity contribution in [2.24, 2.45) is 0 Å². The Balaban J connectivity index is 1.96. The van der Waals surface area contributed by atoms with Gasteiger partial charge in [-0.1, -0.05) is 0 Å². The van der Waals surface area contributed by atoms with Gasteiger partial charge in [0.2, 0.25) is 0 Å². The van der Waals surface area contributed by atoms with Crippen molar-refractivity contribution in [3.8, 4) is 0 Å². The van der Waals surface area contributed by atoms with Crippen molar-refractivity contribution in [2.45, 2.75) is 25.5 Å². The molecule has 1 fully saturated rings. The highest BCUT2D eigenvalue weighted by Crippen LogP contribution is 2.07. The van der Waals surface area contributed by atoms with Crippen LogP contribution in [0.1, 0.15) is 13.3 Å². The second kappa shape index (κ2) is 4.04. The molecule has 3 heteroatoms. The summed E-state index contributed by atoms with van der Waals surface area (Å²) in [5.41, 5.74) is 0. The standard InChI is InChI=1S/C8H18N2O/c1-7(11)3-4-10-5-8(6-10)9-2/h7-9,11H,3-6H2,1-2H3. The number of likely N-dealkylation sites (tertiary alicyclic amines) is 1. The van der Waals surface area contributed by atoms with Crippen LogP contribution in [0.3, 0.4) is 0 Å². The lowest BCUT2D eigenvalue weighted by molar-refractivity contribution is 0.0997. The Morgan fingerprint density at radius 2 is 2.27 bits per heavy atom. The molecule has 3 nitrogen and oxygen atoms in total. The highest BCUT2D eigenvalue weighted by atomic mass is 16.3. The van der Waals surface area contributed by atoms with E-state index in [1.165, 1.54) is 0 Å². The first-order valence-corrected chi connectivity index (χ1v) is 4.30. The Kier molecular flexibility index (Phi) is 3.30. The molecule has 1 rings (SSSR count). The number of aliphatic hydroxyl groups is 1. The average molecular weight is 158 g/mol. The van der Waals surface area contributed by atoms with E-state index in [0.29, 0.717) is 6.04 Å². The van der Waals surface area contributed by atoms with Gasteiger partial charge in [-0.25, -0.2) is 0 Å². The topological polar surface area (TPSA) is 35.5 Å². The van der Waals surface area contributed by atoms with Crippen molar-refractivity contribution < 1.29 is 5.11 Å². The van der Waals surface area contributed by atoms with E-state index in [0.717, 1.165) is 26.1 Å². The van der Waals surface area contributed by atoms with Gasteiger partial charge in [0, 0.05) is 25.7 Å². The van der Waals surface area contributed by atoms with Crippen molar-refractivity contribution in [2.75, 3.05) is 26.7 Å². The number of nitrogens with zero attached hydrogens (tertiary/aromatic N) is 1. The van der Waals surface area contributed by atoms with E-state index in [1.54, 1.807) is 0 Å². The first kappa shape index (κ1) is 8.97. The first-order valence-electron chi connectivity index (χ1n) is 4.30. The molecule has 0 radical (unpaired) electrons. The maximum Gasteiger partial charge on any atom is 0.0524 e. The Bertz CT molecular complexity index is 111. The summed E-state index contributed by atoms with van der Waals surface area (Å²) in [5.74, 6) is 0. The summed E-state index contributed by atoms with van der Waals surface area (Å²) >= 11 is 0. The van der Waals surface area contributed by atoms with Crippen LogP contribution in [-0.4, -0.2) is 48.8 Å². The fourth-order valence-electron chi connectivity index (χ4n) is 1.30.